The molecule has 2 rings (SSSR count). The van der Waals surface area contributed by atoms with Crippen LogP contribution in [0.3, 0.4) is 0 Å². The third-order valence-electron chi connectivity index (χ3n) is 2.02. The Labute approximate surface area is 102 Å². The summed E-state index contributed by atoms with van der Waals surface area (Å²) in [6, 6.07) is 5.70. The minimum Gasteiger partial charge on any atom is -0.339 e. The molecule has 0 aliphatic heterocycles. The van der Waals surface area contributed by atoms with Crippen molar-refractivity contribution in [3.63, 3.8) is 0 Å². The maximum atomic E-state index is 11.0. The lowest BCUT2D eigenvalue weighted by Crippen LogP contribution is -2.13. The summed E-state index contributed by atoms with van der Waals surface area (Å²) in [5, 5.41) is 13.5. The molecule has 18 heavy (non-hydrogen) atoms. The van der Waals surface area contributed by atoms with Gasteiger partial charge >= 0.3 is 5.69 Å². The molecule has 0 saturated carbocycles. The van der Waals surface area contributed by atoms with E-state index >= 15 is 0 Å². The fourth-order valence-electron chi connectivity index (χ4n) is 1.25. The Bertz CT molecular complexity index is 707. The van der Waals surface area contributed by atoms with E-state index in [9.17, 15) is 13.2 Å². The molecule has 0 amide bonds. The van der Waals surface area contributed by atoms with Crippen LogP contribution in [0.1, 0.15) is 0 Å². The molecule has 0 radical (unpaired) electrons. The number of nitrogens with zero attached hydrogens (tertiary/aromatic N) is 2. The summed E-state index contributed by atoms with van der Waals surface area (Å²) in [6.45, 7) is 0. The van der Waals surface area contributed by atoms with Crippen LogP contribution in [0.4, 0.5) is 11.5 Å². The highest BCUT2D eigenvalue weighted by Gasteiger charge is 2.06. The number of benzene rings is 1. The normalized spacial score (nSPS) is 11.2. The van der Waals surface area contributed by atoms with E-state index in [2.05, 4.69) is 20.5 Å². The van der Waals surface area contributed by atoms with Crippen LogP contribution in [-0.4, -0.2) is 23.6 Å². The summed E-state index contributed by atoms with van der Waals surface area (Å²) in [4.78, 5) is 14.5. The first-order valence-electron chi connectivity index (χ1n) is 4.77. The second-order valence-electron chi connectivity index (χ2n) is 3.37. The molecule has 0 spiro atoms. The lowest BCUT2D eigenvalue weighted by atomic mass is 10.3. The van der Waals surface area contributed by atoms with Gasteiger partial charge in [-0.1, -0.05) is 0 Å². The number of nitrogens with two attached hydrogens (primary N) is 1. The average molecular weight is 267 g/mol. The first-order chi connectivity index (χ1) is 8.45. The van der Waals surface area contributed by atoms with Crippen LogP contribution in [0.25, 0.3) is 0 Å². The first kappa shape index (κ1) is 12.2. The molecule has 0 fully saturated rings. The van der Waals surface area contributed by atoms with Gasteiger partial charge in [0, 0.05) is 5.69 Å². The minimum atomic E-state index is -3.71. The van der Waals surface area contributed by atoms with E-state index < -0.39 is 15.7 Å². The van der Waals surface area contributed by atoms with Crippen LogP contribution >= 0.6 is 0 Å². The number of aromatic nitrogens is 3. The number of H-pyrrole nitrogens is 1. The number of aromatic amines is 1. The van der Waals surface area contributed by atoms with E-state index in [1.807, 2.05) is 0 Å². The molecule has 0 unspecified atom stereocenters. The van der Waals surface area contributed by atoms with Crippen LogP contribution in [0, 0.1) is 0 Å². The summed E-state index contributed by atoms with van der Waals surface area (Å²) < 4.78 is 22.1. The number of hydrogen-bond acceptors (Lipinski definition) is 6. The Morgan fingerprint density at radius 1 is 1.22 bits per heavy atom. The smallest absolute Gasteiger partial charge is 0.339 e. The van der Waals surface area contributed by atoms with Gasteiger partial charge in [-0.15, -0.1) is 0 Å². The van der Waals surface area contributed by atoms with Crippen LogP contribution in [0.5, 0.6) is 0 Å². The quantitative estimate of drug-likeness (QED) is 0.690. The Kier molecular flexibility index (Phi) is 3.08. The highest BCUT2D eigenvalue weighted by atomic mass is 32.2. The van der Waals surface area contributed by atoms with Crippen molar-refractivity contribution < 1.29 is 8.42 Å². The standard InChI is InChI=1S/C9H9N5O3S/c10-18(16,17)7-3-1-6(2-4-7)12-8-5-11-14-9(15)13-8/h1-5H,(H2,10,16,17)(H2,12,13,14,15). The molecule has 0 aliphatic rings. The van der Waals surface area contributed by atoms with E-state index in [-0.39, 0.29) is 10.7 Å². The summed E-state index contributed by atoms with van der Waals surface area (Å²) in [6.07, 6.45) is 1.33. The number of rotatable bonds is 3. The molecule has 1 aromatic carbocycles. The Morgan fingerprint density at radius 2 is 1.89 bits per heavy atom. The number of sulfonamides is 1. The van der Waals surface area contributed by atoms with Crippen LogP contribution in [0.2, 0.25) is 0 Å². The van der Waals surface area contributed by atoms with Crippen molar-refractivity contribution in [1.82, 2.24) is 15.2 Å². The van der Waals surface area contributed by atoms with Gasteiger partial charge in [0.2, 0.25) is 10.0 Å². The second-order valence-corrected chi connectivity index (χ2v) is 4.93. The molecule has 0 saturated heterocycles. The molecule has 94 valence electrons. The van der Waals surface area contributed by atoms with Crippen molar-refractivity contribution in [2.45, 2.75) is 4.90 Å². The van der Waals surface area contributed by atoms with Crippen molar-refractivity contribution in [3.8, 4) is 0 Å². The van der Waals surface area contributed by atoms with Gasteiger partial charge in [-0.05, 0) is 24.3 Å². The highest BCUT2D eigenvalue weighted by Crippen LogP contribution is 2.15. The summed E-state index contributed by atoms with van der Waals surface area (Å²) in [7, 11) is -3.71. The number of nitrogens with one attached hydrogen (secondary N) is 2. The lowest BCUT2D eigenvalue weighted by Gasteiger charge is -2.04. The van der Waals surface area contributed by atoms with Gasteiger partial charge in [0.25, 0.3) is 0 Å². The molecular formula is C9H9N5O3S. The predicted octanol–water partition coefficient (Wildman–Crippen LogP) is -0.444. The summed E-state index contributed by atoms with van der Waals surface area (Å²) in [5.41, 5.74) is -0.0246. The molecular weight excluding hydrogens is 258 g/mol. The monoisotopic (exact) mass is 267 g/mol. The van der Waals surface area contributed by atoms with Gasteiger partial charge in [-0.25, -0.2) is 23.4 Å². The molecule has 0 aliphatic carbocycles. The van der Waals surface area contributed by atoms with Gasteiger partial charge in [-0.3, -0.25) is 0 Å². The number of anilines is 2. The third kappa shape index (κ3) is 2.90. The maximum absolute atomic E-state index is 11.0. The summed E-state index contributed by atoms with van der Waals surface area (Å²) >= 11 is 0. The van der Waals surface area contributed by atoms with Gasteiger partial charge in [0.1, 0.15) is 0 Å². The third-order valence-corrected chi connectivity index (χ3v) is 2.95. The SMILES string of the molecule is NS(=O)(=O)c1ccc(Nc2cn[nH]c(=O)n2)cc1. The number of hydrogen-bond donors (Lipinski definition) is 3. The molecule has 9 heteroatoms. The van der Waals surface area contributed by atoms with Gasteiger partial charge in [-0.2, -0.15) is 10.1 Å². The van der Waals surface area contributed by atoms with Crippen molar-refractivity contribution in [2.24, 2.45) is 5.14 Å². The fourth-order valence-corrected chi connectivity index (χ4v) is 1.76. The minimum absolute atomic E-state index is 0.00467. The lowest BCUT2D eigenvalue weighted by molar-refractivity contribution is 0.598. The highest BCUT2D eigenvalue weighted by molar-refractivity contribution is 7.89. The van der Waals surface area contributed by atoms with E-state index in [1.54, 1.807) is 0 Å². The Morgan fingerprint density at radius 3 is 2.44 bits per heavy atom. The van der Waals surface area contributed by atoms with Crippen LogP contribution in [-0.2, 0) is 10.0 Å². The van der Waals surface area contributed by atoms with Gasteiger partial charge < -0.3 is 5.32 Å². The molecule has 0 bridgehead atoms. The van der Waals surface area contributed by atoms with Gasteiger partial charge in [0.05, 0.1) is 11.1 Å². The van der Waals surface area contributed by atoms with Crippen molar-refractivity contribution in [1.29, 1.82) is 0 Å². The van der Waals surface area contributed by atoms with Gasteiger partial charge in [0.15, 0.2) is 5.82 Å². The number of primary sulfonamides is 1. The summed E-state index contributed by atoms with van der Waals surface area (Å²) in [5.74, 6) is 0.252. The zero-order valence-corrected chi connectivity index (χ0v) is 9.81. The van der Waals surface area contributed by atoms with E-state index in [0.717, 1.165) is 0 Å². The van der Waals surface area contributed by atoms with Crippen LogP contribution in [0.15, 0.2) is 40.2 Å². The second kappa shape index (κ2) is 4.55. The molecule has 1 aromatic heterocycles. The predicted molar refractivity (Wildman–Crippen MR) is 63.8 cm³/mol. The maximum Gasteiger partial charge on any atom is 0.363 e. The molecule has 4 N–H and O–H groups in total. The molecule has 0 atom stereocenters. The Hall–Kier alpha value is -2.26. The fraction of sp³-hybridized carbons (Fsp3) is 0. The Balaban J connectivity index is 2.24. The van der Waals surface area contributed by atoms with E-state index in [0.29, 0.717) is 5.69 Å². The van der Waals surface area contributed by atoms with E-state index in [1.165, 1.54) is 30.5 Å². The molecule has 8 nitrogen and oxygen atoms in total. The molecule has 2 aromatic rings. The van der Waals surface area contributed by atoms with Crippen molar-refractivity contribution >= 4 is 21.5 Å². The zero-order valence-electron chi connectivity index (χ0n) is 8.99. The zero-order chi connectivity index (χ0) is 13.2. The van der Waals surface area contributed by atoms with Crippen molar-refractivity contribution in [3.05, 3.63) is 40.9 Å². The first-order valence-corrected chi connectivity index (χ1v) is 6.31. The van der Waals surface area contributed by atoms with E-state index in [4.69, 9.17) is 5.14 Å². The average Bonchev–Trinajstić information content (AvgIpc) is 2.28. The topological polar surface area (TPSA) is 131 Å². The molecule has 1 heterocycles. The van der Waals surface area contributed by atoms with Crippen molar-refractivity contribution in [2.75, 3.05) is 5.32 Å². The van der Waals surface area contributed by atoms with Crippen LogP contribution < -0.4 is 16.1 Å². The largest absolute Gasteiger partial charge is 0.363 e.